The minimum atomic E-state index is -0.285. The van der Waals surface area contributed by atoms with Gasteiger partial charge in [0.25, 0.3) is 0 Å². The Morgan fingerprint density at radius 1 is 1.40 bits per heavy atom. The first kappa shape index (κ1) is 11.8. The molecule has 0 N–H and O–H groups in total. The second-order valence-corrected chi connectivity index (χ2v) is 3.53. The number of aryl methyl sites for hydroxylation is 1. The van der Waals surface area contributed by atoms with Crippen molar-refractivity contribution in [2.24, 2.45) is 0 Å². The second kappa shape index (κ2) is 5.59. The van der Waals surface area contributed by atoms with Crippen LogP contribution in [-0.4, -0.2) is 6.61 Å². The standard InChI is InChI=1S/C12H18O3/c1-4-6-7-10-8-11(14-5-2)9(3)12(13)15-10/h8H,4-7H2,1-3H3. The molecular weight excluding hydrogens is 192 g/mol. The Balaban J connectivity index is 2.95. The van der Waals surface area contributed by atoms with Crippen LogP contribution in [0, 0.1) is 6.92 Å². The van der Waals surface area contributed by atoms with Crippen molar-refractivity contribution in [2.45, 2.75) is 40.0 Å². The molecule has 0 saturated heterocycles. The lowest BCUT2D eigenvalue weighted by molar-refractivity contribution is 0.327. The molecule has 0 fully saturated rings. The first-order valence-electron chi connectivity index (χ1n) is 5.45. The summed E-state index contributed by atoms with van der Waals surface area (Å²) in [5.41, 5.74) is 0.268. The second-order valence-electron chi connectivity index (χ2n) is 3.53. The topological polar surface area (TPSA) is 39.4 Å². The van der Waals surface area contributed by atoms with Crippen molar-refractivity contribution < 1.29 is 9.15 Å². The van der Waals surface area contributed by atoms with Gasteiger partial charge in [-0.3, -0.25) is 0 Å². The van der Waals surface area contributed by atoms with Crippen LogP contribution in [0.3, 0.4) is 0 Å². The molecule has 0 amide bonds. The molecule has 0 aliphatic carbocycles. The van der Waals surface area contributed by atoms with Crippen molar-refractivity contribution in [3.63, 3.8) is 0 Å². The van der Waals surface area contributed by atoms with E-state index in [0.29, 0.717) is 17.9 Å². The lowest BCUT2D eigenvalue weighted by Crippen LogP contribution is -2.08. The van der Waals surface area contributed by atoms with Gasteiger partial charge in [0.15, 0.2) is 0 Å². The Bertz CT molecular complexity index is 366. The number of unbranched alkanes of at least 4 members (excludes halogenated alkanes) is 1. The first-order chi connectivity index (χ1) is 7.19. The molecule has 0 saturated carbocycles. The monoisotopic (exact) mass is 210 g/mol. The zero-order chi connectivity index (χ0) is 11.3. The zero-order valence-corrected chi connectivity index (χ0v) is 9.63. The largest absolute Gasteiger partial charge is 0.493 e. The van der Waals surface area contributed by atoms with Crippen LogP contribution in [0.2, 0.25) is 0 Å². The lowest BCUT2D eigenvalue weighted by Gasteiger charge is -2.07. The van der Waals surface area contributed by atoms with Crippen LogP contribution in [-0.2, 0) is 6.42 Å². The lowest BCUT2D eigenvalue weighted by atomic mass is 10.2. The van der Waals surface area contributed by atoms with Crippen molar-refractivity contribution in [1.82, 2.24) is 0 Å². The van der Waals surface area contributed by atoms with Gasteiger partial charge in [-0.2, -0.15) is 0 Å². The Morgan fingerprint density at radius 3 is 2.73 bits per heavy atom. The van der Waals surface area contributed by atoms with Crippen LogP contribution in [0.15, 0.2) is 15.3 Å². The van der Waals surface area contributed by atoms with Gasteiger partial charge in [-0.15, -0.1) is 0 Å². The molecule has 0 aliphatic heterocycles. The van der Waals surface area contributed by atoms with E-state index in [-0.39, 0.29) is 5.63 Å². The van der Waals surface area contributed by atoms with E-state index in [4.69, 9.17) is 9.15 Å². The maximum Gasteiger partial charge on any atom is 0.342 e. The summed E-state index contributed by atoms with van der Waals surface area (Å²) in [7, 11) is 0. The molecule has 1 aromatic heterocycles. The summed E-state index contributed by atoms with van der Waals surface area (Å²) in [6, 6.07) is 1.83. The summed E-state index contributed by atoms with van der Waals surface area (Å²) < 4.78 is 10.5. The Morgan fingerprint density at radius 2 is 2.13 bits per heavy atom. The van der Waals surface area contributed by atoms with E-state index in [1.165, 1.54) is 0 Å². The quantitative estimate of drug-likeness (QED) is 0.750. The van der Waals surface area contributed by atoms with E-state index >= 15 is 0 Å². The van der Waals surface area contributed by atoms with Gasteiger partial charge in [-0.25, -0.2) is 4.79 Å². The number of hydrogen-bond donors (Lipinski definition) is 0. The van der Waals surface area contributed by atoms with E-state index in [0.717, 1.165) is 25.0 Å². The molecule has 0 spiro atoms. The highest BCUT2D eigenvalue weighted by Crippen LogP contribution is 2.17. The van der Waals surface area contributed by atoms with Crippen LogP contribution < -0.4 is 10.4 Å². The van der Waals surface area contributed by atoms with Crippen LogP contribution in [0.1, 0.15) is 38.0 Å². The van der Waals surface area contributed by atoms with E-state index in [2.05, 4.69) is 6.92 Å². The van der Waals surface area contributed by atoms with Gasteiger partial charge < -0.3 is 9.15 Å². The highest BCUT2D eigenvalue weighted by atomic mass is 16.5. The molecule has 15 heavy (non-hydrogen) atoms. The van der Waals surface area contributed by atoms with Gasteiger partial charge in [0.1, 0.15) is 11.5 Å². The molecule has 1 rings (SSSR count). The van der Waals surface area contributed by atoms with Crippen LogP contribution in [0.4, 0.5) is 0 Å². The van der Waals surface area contributed by atoms with E-state index in [1.807, 2.05) is 13.0 Å². The summed E-state index contributed by atoms with van der Waals surface area (Å²) in [4.78, 5) is 11.5. The van der Waals surface area contributed by atoms with E-state index < -0.39 is 0 Å². The van der Waals surface area contributed by atoms with Crippen LogP contribution >= 0.6 is 0 Å². The molecule has 0 aliphatic rings. The number of hydrogen-bond acceptors (Lipinski definition) is 3. The molecule has 0 atom stereocenters. The highest BCUT2D eigenvalue weighted by Gasteiger charge is 2.08. The molecule has 0 unspecified atom stereocenters. The molecule has 0 aromatic carbocycles. The SMILES string of the molecule is CCCCc1cc(OCC)c(C)c(=O)o1. The summed E-state index contributed by atoms with van der Waals surface area (Å²) in [5, 5.41) is 0. The third-order valence-corrected chi connectivity index (χ3v) is 2.27. The van der Waals surface area contributed by atoms with Crippen molar-refractivity contribution in [2.75, 3.05) is 6.61 Å². The average molecular weight is 210 g/mol. The number of rotatable bonds is 5. The van der Waals surface area contributed by atoms with Gasteiger partial charge in [0.2, 0.25) is 0 Å². The highest BCUT2D eigenvalue weighted by molar-refractivity contribution is 5.30. The Kier molecular flexibility index (Phi) is 4.40. The fourth-order valence-electron chi connectivity index (χ4n) is 1.36. The fourth-order valence-corrected chi connectivity index (χ4v) is 1.36. The van der Waals surface area contributed by atoms with Gasteiger partial charge in [-0.05, 0) is 20.3 Å². The third-order valence-electron chi connectivity index (χ3n) is 2.27. The maximum absolute atomic E-state index is 11.5. The normalized spacial score (nSPS) is 10.3. The number of ether oxygens (including phenoxy) is 1. The van der Waals surface area contributed by atoms with Gasteiger partial charge >= 0.3 is 5.63 Å². The molecule has 3 heteroatoms. The van der Waals surface area contributed by atoms with E-state index in [1.54, 1.807) is 6.92 Å². The van der Waals surface area contributed by atoms with Crippen molar-refractivity contribution in [3.05, 3.63) is 27.8 Å². The van der Waals surface area contributed by atoms with Gasteiger partial charge in [0.05, 0.1) is 12.2 Å². The molecule has 0 radical (unpaired) electrons. The third kappa shape index (κ3) is 3.11. The molecule has 3 nitrogen and oxygen atoms in total. The summed E-state index contributed by atoms with van der Waals surface area (Å²) in [6.45, 7) is 6.30. The molecule has 0 bridgehead atoms. The maximum atomic E-state index is 11.5. The van der Waals surface area contributed by atoms with Crippen molar-refractivity contribution in [1.29, 1.82) is 0 Å². The van der Waals surface area contributed by atoms with Crippen molar-refractivity contribution >= 4 is 0 Å². The summed E-state index contributed by atoms with van der Waals surface area (Å²) >= 11 is 0. The summed E-state index contributed by atoms with van der Waals surface area (Å²) in [6.07, 6.45) is 2.91. The Labute approximate surface area is 90.1 Å². The molecular formula is C12H18O3. The van der Waals surface area contributed by atoms with Gasteiger partial charge in [0, 0.05) is 12.5 Å². The molecule has 1 heterocycles. The Hall–Kier alpha value is -1.25. The minimum Gasteiger partial charge on any atom is -0.493 e. The molecule has 84 valence electrons. The van der Waals surface area contributed by atoms with Crippen LogP contribution in [0.5, 0.6) is 5.75 Å². The smallest absolute Gasteiger partial charge is 0.342 e. The summed E-state index contributed by atoms with van der Waals surface area (Å²) in [5.74, 6) is 1.37. The predicted molar refractivity (Wildman–Crippen MR) is 59.5 cm³/mol. The molecule has 1 aromatic rings. The predicted octanol–water partition coefficient (Wildman–Crippen LogP) is 2.69. The first-order valence-corrected chi connectivity index (χ1v) is 5.45. The van der Waals surface area contributed by atoms with E-state index in [9.17, 15) is 4.79 Å². The minimum absolute atomic E-state index is 0.285. The zero-order valence-electron chi connectivity index (χ0n) is 9.63. The van der Waals surface area contributed by atoms with Crippen molar-refractivity contribution in [3.8, 4) is 5.75 Å². The van der Waals surface area contributed by atoms with Gasteiger partial charge in [-0.1, -0.05) is 13.3 Å². The van der Waals surface area contributed by atoms with Crippen LogP contribution in [0.25, 0.3) is 0 Å². The fraction of sp³-hybridized carbons (Fsp3) is 0.583. The average Bonchev–Trinajstić information content (AvgIpc) is 2.22.